The Labute approximate surface area is 123 Å². The highest BCUT2D eigenvalue weighted by Crippen LogP contribution is 2.26. The molecule has 1 aliphatic carbocycles. The summed E-state index contributed by atoms with van der Waals surface area (Å²) in [5.41, 5.74) is 6.79. The molecule has 4 nitrogen and oxygen atoms in total. The molecule has 1 saturated carbocycles. The molecule has 1 aromatic carbocycles. The maximum absolute atomic E-state index is 11.1. The SMILES string of the molecule is Cl.N[C@H]1CCC[C@H]1CNc1cc(Cl)ccc1C(=O)O. The third-order valence-electron chi connectivity index (χ3n) is 3.48. The van der Waals surface area contributed by atoms with Crippen molar-refractivity contribution in [3.05, 3.63) is 28.8 Å². The van der Waals surface area contributed by atoms with Crippen LogP contribution < -0.4 is 11.1 Å². The summed E-state index contributed by atoms with van der Waals surface area (Å²) in [5.74, 6) is -0.546. The fourth-order valence-electron chi connectivity index (χ4n) is 2.41. The van der Waals surface area contributed by atoms with Gasteiger partial charge in [-0.15, -0.1) is 12.4 Å². The third-order valence-corrected chi connectivity index (χ3v) is 3.72. The highest BCUT2D eigenvalue weighted by molar-refractivity contribution is 6.31. The van der Waals surface area contributed by atoms with Gasteiger partial charge in [-0.05, 0) is 37.0 Å². The minimum absolute atomic E-state index is 0. The van der Waals surface area contributed by atoms with E-state index in [0.717, 1.165) is 19.3 Å². The van der Waals surface area contributed by atoms with Gasteiger partial charge in [-0.1, -0.05) is 18.0 Å². The molecular weight excluding hydrogens is 287 g/mol. The fraction of sp³-hybridized carbons (Fsp3) is 0.462. The van der Waals surface area contributed by atoms with Crippen molar-refractivity contribution in [2.75, 3.05) is 11.9 Å². The van der Waals surface area contributed by atoms with Gasteiger partial charge in [-0.3, -0.25) is 0 Å². The topological polar surface area (TPSA) is 75.3 Å². The molecule has 0 heterocycles. The van der Waals surface area contributed by atoms with E-state index in [1.807, 2.05) is 0 Å². The molecule has 1 aromatic rings. The number of nitrogens with one attached hydrogen (secondary N) is 1. The van der Waals surface area contributed by atoms with E-state index < -0.39 is 5.97 Å². The molecular formula is C13H18Cl2N2O2. The van der Waals surface area contributed by atoms with Crippen LogP contribution in [0, 0.1) is 5.92 Å². The van der Waals surface area contributed by atoms with Crippen LogP contribution >= 0.6 is 24.0 Å². The van der Waals surface area contributed by atoms with Gasteiger partial charge in [0.1, 0.15) is 0 Å². The van der Waals surface area contributed by atoms with Gasteiger partial charge in [0.25, 0.3) is 0 Å². The summed E-state index contributed by atoms with van der Waals surface area (Å²) >= 11 is 5.89. The first-order chi connectivity index (χ1) is 8.58. The quantitative estimate of drug-likeness (QED) is 0.799. The van der Waals surface area contributed by atoms with Crippen molar-refractivity contribution >= 4 is 35.7 Å². The number of benzene rings is 1. The third kappa shape index (κ3) is 4.00. The molecule has 0 unspecified atom stereocenters. The molecule has 2 rings (SSSR count). The number of anilines is 1. The molecule has 19 heavy (non-hydrogen) atoms. The van der Waals surface area contributed by atoms with Crippen LogP contribution in [-0.4, -0.2) is 23.7 Å². The van der Waals surface area contributed by atoms with E-state index in [-0.39, 0.29) is 24.0 Å². The van der Waals surface area contributed by atoms with E-state index in [2.05, 4.69) is 5.32 Å². The summed E-state index contributed by atoms with van der Waals surface area (Å²) in [7, 11) is 0. The van der Waals surface area contributed by atoms with Crippen LogP contribution in [0.15, 0.2) is 18.2 Å². The van der Waals surface area contributed by atoms with Gasteiger partial charge in [-0.2, -0.15) is 0 Å². The smallest absolute Gasteiger partial charge is 0.337 e. The normalized spacial score (nSPS) is 21.8. The van der Waals surface area contributed by atoms with Gasteiger partial charge < -0.3 is 16.2 Å². The maximum Gasteiger partial charge on any atom is 0.337 e. The van der Waals surface area contributed by atoms with Crippen molar-refractivity contribution in [3.63, 3.8) is 0 Å². The van der Waals surface area contributed by atoms with Crippen LogP contribution in [-0.2, 0) is 0 Å². The molecule has 2 atom stereocenters. The minimum Gasteiger partial charge on any atom is -0.478 e. The number of rotatable bonds is 4. The van der Waals surface area contributed by atoms with Crippen molar-refractivity contribution in [2.24, 2.45) is 11.7 Å². The molecule has 0 radical (unpaired) electrons. The summed E-state index contributed by atoms with van der Waals surface area (Å²) in [5, 5.41) is 12.8. The van der Waals surface area contributed by atoms with E-state index >= 15 is 0 Å². The lowest BCUT2D eigenvalue weighted by Crippen LogP contribution is -2.29. The predicted molar refractivity (Wildman–Crippen MR) is 79.5 cm³/mol. The number of aromatic carboxylic acids is 1. The van der Waals surface area contributed by atoms with Crippen molar-refractivity contribution < 1.29 is 9.90 Å². The number of carbonyl (C=O) groups is 1. The standard InChI is InChI=1S/C13H17ClN2O2.ClH/c14-9-4-5-10(13(17)18)12(6-9)16-7-8-2-1-3-11(8)15;/h4-6,8,11,16H,1-3,7,15H2,(H,17,18);1H/t8-,11-;/m0./s1. The van der Waals surface area contributed by atoms with E-state index in [4.69, 9.17) is 22.4 Å². The van der Waals surface area contributed by atoms with E-state index in [1.165, 1.54) is 6.07 Å². The zero-order chi connectivity index (χ0) is 13.1. The summed E-state index contributed by atoms with van der Waals surface area (Å²) in [6.07, 6.45) is 3.29. The molecule has 0 spiro atoms. The molecule has 4 N–H and O–H groups in total. The van der Waals surface area contributed by atoms with Crippen LogP contribution in [0.5, 0.6) is 0 Å². The Kier molecular flexibility index (Phi) is 5.91. The van der Waals surface area contributed by atoms with Gasteiger partial charge in [0.2, 0.25) is 0 Å². The minimum atomic E-state index is -0.954. The van der Waals surface area contributed by atoms with Crippen LogP contribution in [0.2, 0.25) is 5.02 Å². The van der Waals surface area contributed by atoms with E-state index in [9.17, 15) is 4.79 Å². The zero-order valence-electron chi connectivity index (χ0n) is 10.4. The van der Waals surface area contributed by atoms with Crippen molar-refractivity contribution in [3.8, 4) is 0 Å². The molecule has 0 amide bonds. The number of nitrogens with two attached hydrogens (primary N) is 1. The van der Waals surface area contributed by atoms with E-state index in [1.54, 1.807) is 12.1 Å². The summed E-state index contributed by atoms with van der Waals surface area (Å²) in [4.78, 5) is 11.1. The maximum atomic E-state index is 11.1. The lowest BCUT2D eigenvalue weighted by atomic mass is 10.0. The molecule has 0 aromatic heterocycles. The van der Waals surface area contributed by atoms with Crippen molar-refractivity contribution in [1.82, 2.24) is 0 Å². The first kappa shape index (κ1) is 16.1. The molecule has 0 bridgehead atoms. The highest BCUT2D eigenvalue weighted by Gasteiger charge is 2.24. The zero-order valence-corrected chi connectivity index (χ0v) is 12.0. The number of carboxylic acid groups (broad SMARTS) is 1. The summed E-state index contributed by atoms with van der Waals surface area (Å²) in [6, 6.07) is 4.95. The van der Waals surface area contributed by atoms with Crippen LogP contribution in [0.3, 0.4) is 0 Å². The van der Waals surface area contributed by atoms with Crippen LogP contribution in [0.4, 0.5) is 5.69 Å². The Morgan fingerprint density at radius 3 is 2.79 bits per heavy atom. The van der Waals surface area contributed by atoms with E-state index in [0.29, 0.717) is 23.2 Å². The number of halogens is 2. The van der Waals surface area contributed by atoms with Gasteiger partial charge >= 0.3 is 5.97 Å². The summed E-state index contributed by atoms with van der Waals surface area (Å²) < 4.78 is 0. The number of carboxylic acids is 1. The first-order valence-electron chi connectivity index (χ1n) is 6.10. The number of hydrogen-bond donors (Lipinski definition) is 3. The first-order valence-corrected chi connectivity index (χ1v) is 6.48. The monoisotopic (exact) mass is 304 g/mol. The highest BCUT2D eigenvalue weighted by atomic mass is 35.5. The van der Waals surface area contributed by atoms with Gasteiger partial charge in [0.05, 0.1) is 11.3 Å². The Hall–Kier alpha value is -0.970. The van der Waals surface area contributed by atoms with Gasteiger partial charge in [0.15, 0.2) is 0 Å². The molecule has 1 aliphatic rings. The fourth-order valence-corrected chi connectivity index (χ4v) is 2.58. The van der Waals surface area contributed by atoms with Crippen molar-refractivity contribution in [1.29, 1.82) is 0 Å². The second-order valence-electron chi connectivity index (χ2n) is 4.73. The summed E-state index contributed by atoms with van der Waals surface area (Å²) in [6.45, 7) is 0.696. The lowest BCUT2D eigenvalue weighted by molar-refractivity contribution is 0.0698. The Morgan fingerprint density at radius 2 is 2.21 bits per heavy atom. The van der Waals surface area contributed by atoms with Gasteiger partial charge in [-0.25, -0.2) is 4.79 Å². The number of hydrogen-bond acceptors (Lipinski definition) is 3. The molecule has 6 heteroatoms. The molecule has 106 valence electrons. The molecule has 1 fully saturated rings. The second kappa shape index (κ2) is 6.98. The van der Waals surface area contributed by atoms with Crippen molar-refractivity contribution in [2.45, 2.75) is 25.3 Å². The second-order valence-corrected chi connectivity index (χ2v) is 5.17. The van der Waals surface area contributed by atoms with Gasteiger partial charge in [0, 0.05) is 17.6 Å². The predicted octanol–water partition coefficient (Wildman–Crippen LogP) is 3.00. The Bertz CT molecular complexity index is 454. The largest absolute Gasteiger partial charge is 0.478 e. The lowest BCUT2D eigenvalue weighted by Gasteiger charge is -2.17. The van der Waals surface area contributed by atoms with Crippen LogP contribution in [0.25, 0.3) is 0 Å². The molecule has 0 saturated heterocycles. The molecule has 0 aliphatic heterocycles. The van der Waals surface area contributed by atoms with Crippen LogP contribution in [0.1, 0.15) is 29.6 Å². The Balaban J connectivity index is 0.00000180. The average molecular weight is 305 g/mol. The Morgan fingerprint density at radius 1 is 1.47 bits per heavy atom. The average Bonchev–Trinajstić information content (AvgIpc) is 2.72.